The number of morpholine rings is 1. The Morgan fingerprint density at radius 1 is 1.16 bits per heavy atom. The summed E-state index contributed by atoms with van der Waals surface area (Å²) in [5.74, 6) is 0.165. The lowest BCUT2D eigenvalue weighted by molar-refractivity contribution is -0.0284. The van der Waals surface area contributed by atoms with Gasteiger partial charge in [0.1, 0.15) is 0 Å². The van der Waals surface area contributed by atoms with Crippen molar-refractivity contribution < 1.29 is 9.84 Å². The molecule has 0 saturated carbocycles. The Hall–Kier alpha value is -1.40. The Morgan fingerprint density at radius 2 is 1.92 bits per heavy atom. The lowest BCUT2D eigenvalue weighted by atomic mass is 10.0. The highest BCUT2D eigenvalue weighted by Gasteiger charge is 2.31. The monoisotopic (exact) mass is 343 g/mol. The van der Waals surface area contributed by atoms with Crippen molar-refractivity contribution in [2.24, 2.45) is 7.05 Å². The summed E-state index contributed by atoms with van der Waals surface area (Å²) in [5, 5.41) is 11.5. The minimum atomic E-state index is 0.165. The smallest absolute Gasteiger partial charge is 0.0595 e. The first-order valence-corrected chi connectivity index (χ1v) is 9.43. The van der Waals surface area contributed by atoms with Gasteiger partial charge in [0.15, 0.2) is 0 Å². The first-order valence-electron chi connectivity index (χ1n) is 9.43. The Balaban J connectivity index is 1.64. The second kappa shape index (κ2) is 7.08. The molecule has 1 aromatic heterocycles. The zero-order chi connectivity index (χ0) is 17.4. The van der Waals surface area contributed by atoms with Crippen molar-refractivity contribution in [2.75, 3.05) is 46.0 Å². The summed E-state index contributed by atoms with van der Waals surface area (Å²) in [6.45, 7) is 8.09. The molecular formula is C20H29N3O2. The molecule has 0 spiro atoms. The van der Waals surface area contributed by atoms with Crippen molar-refractivity contribution in [3.05, 3.63) is 35.5 Å². The maximum absolute atomic E-state index is 10.1. The predicted molar refractivity (Wildman–Crippen MR) is 99.9 cm³/mol. The van der Waals surface area contributed by atoms with Gasteiger partial charge in [0.05, 0.1) is 26.0 Å². The number of aromatic nitrogens is 1. The molecule has 25 heavy (non-hydrogen) atoms. The molecular weight excluding hydrogens is 314 g/mol. The summed E-state index contributed by atoms with van der Waals surface area (Å²) in [6.07, 6.45) is 1.43. The number of para-hydroxylation sites is 1. The van der Waals surface area contributed by atoms with Crippen LogP contribution >= 0.6 is 0 Å². The number of ether oxygens (including phenoxy) is 1. The Labute approximate surface area is 149 Å². The van der Waals surface area contributed by atoms with Crippen LogP contribution in [0.15, 0.2) is 24.3 Å². The predicted octanol–water partition coefficient (Wildman–Crippen LogP) is 1.79. The van der Waals surface area contributed by atoms with E-state index in [2.05, 4.69) is 52.6 Å². The van der Waals surface area contributed by atoms with Gasteiger partial charge in [-0.3, -0.25) is 9.80 Å². The van der Waals surface area contributed by atoms with E-state index in [1.165, 1.54) is 22.2 Å². The molecule has 0 bridgehead atoms. The molecule has 1 N–H and O–H groups in total. The largest absolute Gasteiger partial charge is 0.396 e. The minimum absolute atomic E-state index is 0.165. The van der Waals surface area contributed by atoms with Crippen molar-refractivity contribution in [2.45, 2.75) is 25.4 Å². The van der Waals surface area contributed by atoms with Crippen LogP contribution in [0.3, 0.4) is 0 Å². The van der Waals surface area contributed by atoms with Crippen LogP contribution in [0, 0.1) is 0 Å². The topological polar surface area (TPSA) is 40.9 Å². The van der Waals surface area contributed by atoms with E-state index in [4.69, 9.17) is 4.74 Å². The lowest BCUT2D eigenvalue weighted by Gasteiger charge is -2.39. The average molecular weight is 343 g/mol. The molecule has 1 aromatic carbocycles. The van der Waals surface area contributed by atoms with Gasteiger partial charge in [0, 0.05) is 55.7 Å². The molecule has 2 aliphatic heterocycles. The number of aliphatic hydroxyl groups is 1. The van der Waals surface area contributed by atoms with Crippen LogP contribution < -0.4 is 0 Å². The SMILES string of the molecule is CC(N1CCOCC1)N1CCc2c(n(C)c3ccccc23)C(CO)C1. The molecule has 2 unspecified atom stereocenters. The van der Waals surface area contributed by atoms with Crippen LogP contribution in [-0.2, 0) is 18.2 Å². The molecule has 2 aromatic rings. The number of hydrogen-bond donors (Lipinski definition) is 1. The number of aliphatic hydroxyl groups excluding tert-OH is 1. The van der Waals surface area contributed by atoms with E-state index in [1.54, 1.807) is 0 Å². The van der Waals surface area contributed by atoms with Gasteiger partial charge in [-0.2, -0.15) is 0 Å². The highest BCUT2D eigenvalue weighted by molar-refractivity contribution is 5.86. The standard InChI is InChI=1S/C20H29N3O2/c1-15(22-9-11-25-12-10-22)23-8-7-18-17-5-3-4-6-19(17)21(2)20(18)16(13-23)14-24/h3-6,15-16,24H,7-14H2,1-2H3. The van der Waals surface area contributed by atoms with Crippen molar-refractivity contribution in [1.29, 1.82) is 0 Å². The van der Waals surface area contributed by atoms with E-state index in [0.29, 0.717) is 6.17 Å². The normalized spacial score (nSPS) is 24.2. The van der Waals surface area contributed by atoms with Crippen LogP contribution in [0.5, 0.6) is 0 Å². The summed E-state index contributed by atoms with van der Waals surface area (Å²) in [7, 11) is 2.14. The fourth-order valence-electron chi connectivity index (χ4n) is 4.66. The van der Waals surface area contributed by atoms with Gasteiger partial charge in [-0.1, -0.05) is 18.2 Å². The highest BCUT2D eigenvalue weighted by Crippen LogP contribution is 2.34. The third-order valence-electron chi connectivity index (χ3n) is 6.07. The maximum Gasteiger partial charge on any atom is 0.0595 e. The van der Waals surface area contributed by atoms with Crippen LogP contribution in [0.25, 0.3) is 10.9 Å². The van der Waals surface area contributed by atoms with Crippen LogP contribution in [0.4, 0.5) is 0 Å². The maximum atomic E-state index is 10.1. The number of rotatable bonds is 3. The quantitative estimate of drug-likeness (QED) is 0.923. The lowest BCUT2D eigenvalue weighted by Crippen LogP contribution is -2.52. The first kappa shape index (κ1) is 17.0. The number of benzene rings is 1. The van der Waals surface area contributed by atoms with Crippen molar-refractivity contribution in [3.8, 4) is 0 Å². The van der Waals surface area contributed by atoms with Gasteiger partial charge >= 0.3 is 0 Å². The second-order valence-electron chi connectivity index (χ2n) is 7.34. The summed E-state index contributed by atoms with van der Waals surface area (Å²) in [4.78, 5) is 5.05. The number of hydrogen-bond acceptors (Lipinski definition) is 4. The van der Waals surface area contributed by atoms with Gasteiger partial charge < -0.3 is 14.4 Å². The summed E-state index contributed by atoms with van der Waals surface area (Å²) in [6, 6.07) is 8.63. The molecule has 3 heterocycles. The summed E-state index contributed by atoms with van der Waals surface area (Å²) < 4.78 is 7.80. The third kappa shape index (κ3) is 2.99. The van der Waals surface area contributed by atoms with Crippen LogP contribution in [0.2, 0.25) is 0 Å². The highest BCUT2D eigenvalue weighted by atomic mass is 16.5. The van der Waals surface area contributed by atoms with Gasteiger partial charge in [0.2, 0.25) is 0 Å². The second-order valence-corrected chi connectivity index (χ2v) is 7.34. The van der Waals surface area contributed by atoms with Crippen LogP contribution in [0.1, 0.15) is 24.1 Å². The zero-order valence-electron chi connectivity index (χ0n) is 15.3. The third-order valence-corrected chi connectivity index (χ3v) is 6.07. The Bertz CT molecular complexity index is 736. The van der Waals surface area contributed by atoms with Crippen molar-refractivity contribution >= 4 is 10.9 Å². The van der Waals surface area contributed by atoms with Gasteiger partial charge in [0.25, 0.3) is 0 Å². The van der Waals surface area contributed by atoms with E-state index in [9.17, 15) is 5.11 Å². The fourth-order valence-corrected chi connectivity index (χ4v) is 4.66. The van der Waals surface area contributed by atoms with E-state index in [1.807, 2.05) is 0 Å². The van der Waals surface area contributed by atoms with Crippen LogP contribution in [-0.4, -0.2) is 71.6 Å². The first-order chi connectivity index (χ1) is 12.2. The van der Waals surface area contributed by atoms with Gasteiger partial charge in [-0.15, -0.1) is 0 Å². The molecule has 2 aliphatic rings. The molecule has 4 rings (SSSR count). The fraction of sp³-hybridized carbons (Fsp3) is 0.600. The van der Waals surface area contributed by atoms with E-state index in [-0.39, 0.29) is 12.5 Å². The van der Waals surface area contributed by atoms with E-state index < -0.39 is 0 Å². The molecule has 1 saturated heterocycles. The van der Waals surface area contributed by atoms with E-state index >= 15 is 0 Å². The number of fused-ring (bicyclic) bond motifs is 3. The van der Waals surface area contributed by atoms with Gasteiger partial charge in [-0.05, 0) is 25.0 Å². The number of aryl methyl sites for hydroxylation is 1. The molecule has 0 radical (unpaired) electrons. The molecule has 5 nitrogen and oxygen atoms in total. The average Bonchev–Trinajstić information content (AvgIpc) is 2.82. The molecule has 136 valence electrons. The van der Waals surface area contributed by atoms with E-state index in [0.717, 1.165) is 45.8 Å². The molecule has 2 atom stereocenters. The molecule has 1 fully saturated rings. The Kier molecular flexibility index (Phi) is 4.82. The zero-order valence-corrected chi connectivity index (χ0v) is 15.3. The minimum Gasteiger partial charge on any atom is -0.396 e. The van der Waals surface area contributed by atoms with Crippen molar-refractivity contribution in [3.63, 3.8) is 0 Å². The molecule has 0 aliphatic carbocycles. The molecule has 5 heteroatoms. The number of nitrogens with zero attached hydrogens (tertiary/aromatic N) is 3. The summed E-state index contributed by atoms with van der Waals surface area (Å²) in [5.41, 5.74) is 4.02. The Morgan fingerprint density at radius 3 is 2.68 bits per heavy atom. The molecule has 0 amide bonds. The summed E-state index contributed by atoms with van der Waals surface area (Å²) >= 11 is 0. The van der Waals surface area contributed by atoms with Gasteiger partial charge in [-0.25, -0.2) is 0 Å². The van der Waals surface area contributed by atoms with Crippen molar-refractivity contribution in [1.82, 2.24) is 14.4 Å².